The molecule has 1 fully saturated rings. The first-order chi connectivity index (χ1) is 8.15. The molecule has 1 heterocycles. The maximum absolute atomic E-state index is 11.6. The highest BCUT2D eigenvalue weighted by atomic mass is 16.3. The third-order valence-electron chi connectivity index (χ3n) is 4.00. The molecule has 2 aliphatic rings. The minimum absolute atomic E-state index is 0.0114. The Morgan fingerprint density at radius 2 is 2.41 bits per heavy atom. The lowest BCUT2D eigenvalue weighted by molar-refractivity contribution is -0.141. The van der Waals surface area contributed by atoms with Crippen LogP contribution >= 0.6 is 0 Å². The highest BCUT2D eigenvalue weighted by molar-refractivity contribution is 5.87. The van der Waals surface area contributed by atoms with Crippen LogP contribution in [0.3, 0.4) is 0 Å². The summed E-state index contributed by atoms with van der Waals surface area (Å²) in [5.41, 5.74) is 1.13. The summed E-state index contributed by atoms with van der Waals surface area (Å²) in [4.78, 5) is 11.6. The third kappa shape index (κ3) is 2.29. The molecule has 0 aromatic rings. The topological polar surface area (TPSA) is 49.3 Å². The van der Waals surface area contributed by atoms with Gasteiger partial charge in [-0.25, -0.2) is 0 Å². The molecule has 2 rings (SSSR count). The Morgan fingerprint density at radius 3 is 2.94 bits per heavy atom. The molecule has 0 aromatic carbocycles. The number of rotatable bonds is 3. The minimum atomic E-state index is -0.541. The highest BCUT2D eigenvalue weighted by Crippen LogP contribution is 2.32. The lowest BCUT2D eigenvalue weighted by Gasteiger charge is -2.42. The van der Waals surface area contributed by atoms with E-state index in [9.17, 15) is 9.90 Å². The summed E-state index contributed by atoms with van der Waals surface area (Å²) in [5.74, 6) is -0.131. The molecule has 94 valence electrons. The number of hydrogen-bond donors (Lipinski definition) is 2. The Bertz CT molecular complexity index is 359. The van der Waals surface area contributed by atoms with Crippen molar-refractivity contribution in [2.45, 2.75) is 45.3 Å². The minimum Gasteiger partial charge on any atom is -0.392 e. The fourth-order valence-corrected chi connectivity index (χ4v) is 2.71. The fraction of sp³-hybridized carbons (Fsp3) is 0.643. The van der Waals surface area contributed by atoms with Crippen LogP contribution < -0.4 is 5.32 Å². The summed E-state index contributed by atoms with van der Waals surface area (Å²) in [6.07, 6.45) is 8.84. The molecular formula is C14H21NO2. The smallest absolute Gasteiger partial charge is 0.228 e. The second-order valence-electron chi connectivity index (χ2n) is 5.06. The zero-order chi connectivity index (χ0) is 12.4. The van der Waals surface area contributed by atoms with Crippen molar-refractivity contribution < 1.29 is 9.90 Å². The molecule has 17 heavy (non-hydrogen) atoms. The number of aliphatic hydroxyl groups excluding tert-OH is 1. The lowest BCUT2D eigenvalue weighted by Crippen LogP contribution is -2.63. The Labute approximate surface area is 103 Å². The van der Waals surface area contributed by atoms with Crippen LogP contribution in [-0.4, -0.2) is 23.2 Å². The summed E-state index contributed by atoms with van der Waals surface area (Å²) in [7, 11) is 0. The van der Waals surface area contributed by atoms with Gasteiger partial charge >= 0.3 is 0 Å². The number of nitrogens with one attached hydrogen (secondary N) is 1. The number of β-lactam (4-membered cyclic amide) rings is 1. The van der Waals surface area contributed by atoms with Gasteiger partial charge in [-0.05, 0) is 33.1 Å². The van der Waals surface area contributed by atoms with Crippen LogP contribution in [0.1, 0.15) is 33.1 Å². The van der Waals surface area contributed by atoms with Gasteiger partial charge in [0.2, 0.25) is 5.91 Å². The van der Waals surface area contributed by atoms with Crippen LogP contribution in [-0.2, 0) is 4.79 Å². The van der Waals surface area contributed by atoms with Gasteiger partial charge in [-0.3, -0.25) is 4.79 Å². The summed E-state index contributed by atoms with van der Waals surface area (Å²) in [5, 5.41) is 13.2. The second-order valence-corrected chi connectivity index (χ2v) is 5.06. The number of amides is 1. The van der Waals surface area contributed by atoms with Gasteiger partial charge in [-0.1, -0.05) is 23.8 Å². The van der Waals surface area contributed by atoms with E-state index < -0.39 is 6.10 Å². The van der Waals surface area contributed by atoms with Crippen molar-refractivity contribution in [3.8, 4) is 0 Å². The van der Waals surface area contributed by atoms with Crippen molar-refractivity contribution in [2.75, 3.05) is 0 Å². The molecule has 3 nitrogen and oxygen atoms in total. The van der Waals surface area contributed by atoms with E-state index >= 15 is 0 Å². The maximum atomic E-state index is 11.6. The van der Waals surface area contributed by atoms with Crippen molar-refractivity contribution in [1.82, 2.24) is 5.32 Å². The van der Waals surface area contributed by atoms with Crippen LogP contribution in [0, 0.1) is 11.8 Å². The fourth-order valence-electron chi connectivity index (χ4n) is 2.71. The monoisotopic (exact) mass is 235 g/mol. The molecule has 3 unspecified atom stereocenters. The number of hydrogen-bond acceptors (Lipinski definition) is 2. The van der Waals surface area contributed by atoms with Crippen LogP contribution in [0.15, 0.2) is 23.8 Å². The largest absolute Gasteiger partial charge is 0.392 e. The van der Waals surface area contributed by atoms with E-state index in [0.717, 1.165) is 24.8 Å². The molecule has 4 atom stereocenters. The molecule has 1 aliphatic heterocycles. The van der Waals surface area contributed by atoms with Crippen LogP contribution in [0.2, 0.25) is 0 Å². The SMILES string of the molecule is C/C=C(/C)C1NC(=O)C1[C@@H](O)C1C=CCCC1. The zero-order valence-corrected chi connectivity index (χ0v) is 10.5. The number of aliphatic hydroxyl groups is 1. The Kier molecular flexibility index (Phi) is 3.67. The number of allylic oxidation sites excluding steroid dienone is 2. The Balaban J connectivity index is 2.07. The van der Waals surface area contributed by atoms with E-state index in [2.05, 4.69) is 17.5 Å². The standard InChI is InChI=1S/C14H21NO2/c1-3-9(2)12-11(14(17)15-12)13(16)10-7-5-4-6-8-10/h3,5,7,10-13,16H,4,6,8H2,1-2H3,(H,15,17)/b9-3-/t10?,11?,12?,13-/m0/s1. The van der Waals surface area contributed by atoms with Crippen LogP contribution in [0.25, 0.3) is 0 Å². The van der Waals surface area contributed by atoms with Gasteiger partial charge in [0, 0.05) is 5.92 Å². The summed E-state index contributed by atoms with van der Waals surface area (Å²) in [6.45, 7) is 3.96. The lowest BCUT2D eigenvalue weighted by atomic mass is 9.75. The van der Waals surface area contributed by atoms with Crippen molar-refractivity contribution in [3.63, 3.8) is 0 Å². The first kappa shape index (κ1) is 12.4. The molecule has 0 aromatic heterocycles. The second kappa shape index (κ2) is 5.05. The molecular weight excluding hydrogens is 214 g/mol. The van der Waals surface area contributed by atoms with Gasteiger partial charge in [0.05, 0.1) is 18.1 Å². The van der Waals surface area contributed by atoms with E-state index in [1.807, 2.05) is 19.9 Å². The third-order valence-corrected chi connectivity index (χ3v) is 4.00. The summed E-state index contributed by atoms with van der Waals surface area (Å²) in [6, 6.07) is 0.0258. The van der Waals surface area contributed by atoms with Crippen molar-refractivity contribution >= 4 is 5.91 Å². The van der Waals surface area contributed by atoms with Gasteiger partial charge in [-0.2, -0.15) is 0 Å². The molecule has 1 aliphatic carbocycles. The van der Waals surface area contributed by atoms with Crippen molar-refractivity contribution in [3.05, 3.63) is 23.8 Å². The van der Waals surface area contributed by atoms with Crippen LogP contribution in [0.5, 0.6) is 0 Å². The number of carbonyl (C=O) groups excluding carboxylic acids is 1. The maximum Gasteiger partial charge on any atom is 0.228 e. The van der Waals surface area contributed by atoms with E-state index in [-0.39, 0.29) is 23.8 Å². The van der Waals surface area contributed by atoms with Crippen molar-refractivity contribution in [2.24, 2.45) is 11.8 Å². The predicted molar refractivity (Wildman–Crippen MR) is 67.3 cm³/mol. The van der Waals surface area contributed by atoms with E-state index in [0.29, 0.717) is 0 Å². The van der Waals surface area contributed by atoms with Crippen LogP contribution in [0.4, 0.5) is 0 Å². The van der Waals surface area contributed by atoms with E-state index in [1.54, 1.807) is 0 Å². The molecule has 1 saturated heterocycles. The average Bonchev–Trinajstić information content (AvgIpc) is 2.35. The molecule has 2 N–H and O–H groups in total. The summed E-state index contributed by atoms with van der Waals surface area (Å²) < 4.78 is 0. The normalized spacial score (nSPS) is 35.1. The molecule has 0 radical (unpaired) electrons. The van der Waals surface area contributed by atoms with E-state index in [4.69, 9.17) is 0 Å². The van der Waals surface area contributed by atoms with Gasteiger partial charge < -0.3 is 10.4 Å². The van der Waals surface area contributed by atoms with Gasteiger partial charge in [0.1, 0.15) is 0 Å². The molecule has 0 bridgehead atoms. The van der Waals surface area contributed by atoms with E-state index in [1.165, 1.54) is 0 Å². The molecule has 0 spiro atoms. The zero-order valence-electron chi connectivity index (χ0n) is 10.5. The average molecular weight is 235 g/mol. The Morgan fingerprint density at radius 1 is 1.65 bits per heavy atom. The summed E-state index contributed by atoms with van der Waals surface area (Å²) >= 11 is 0. The van der Waals surface area contributed by atoms with Gasteiger partial charge in [0.15, 0.2) is 0 Å². The highest BCUT2D eigenvalue weighted by Gasteiger charge is 2.46. The Hall–Kier alpha value is -1.09. The van der Waals surface area contributed by atoms with Crippen molar-refractivity contribution in [1.29, 1.82) is 0 Å². The quantitative estimate of drug-likeness (QED) is 0.578. The molecule has 0 saturated carbocycles. The first-order valence-corrected chi connectivity index (χ1v) is 6.43. The predicted octanol–water partition coefficient (Wildman–Crippen LogP) is 1.78. The van der Waals surface area contributed by atoms with Gasteiger partial charge in [0.25, 0.3) is 0 Å². The molecule has 3 heteroatoms. The molecule has 1 amide bonds. The van der Waals surface area contributed by atoms with Gasteiger partial charge in [-0.15, -0.1) is 0 Å². The number of carbonyl (C=O) groups is 1. The first-order valence-electron chi connectivity index (χ1n) is 6.43.